The molecule has 0 atom stereocenters. The molecule has 1 aliphatic rings. The molecular formula is C23H25N3O3S. The van der Waals surface area contributed by atoms with Crippen LogP contribution >= 0.6 is 0 Å². The molecule has 7 heteroatoms. The third-order valence-electron chi connectivity index (χ3n) is 5.39. The van der Waals surface area contributed by atoms with Crippen molar-refractivity contribution in [1.29, 1.82) is 0 Å². The number of carbonyl (C=O) groups is 1. The van der Waals surface area contributed by atoms with Crippen molar-refractivity contribution in [3.05, 3.63) is 78.4 Å². The van der Waals surface area contributed by atoms with Crippen molar-refractivity contribution in [2.24, 2.45) is 0 Å². The van der Waals surface area contributed by atoms with Crippen LogP contribution in [0.5, 0.6) is 0 Å². The van der Waals surface area contributed by atoms with Crippen LogP contribution in [0.25, 0.3) is 10.8 Å². The van der Waals surface area contributed by atoms with E-state index in [1.54, 1.807) is 12.1 Å². The van der Waals surface area contributed by atoms with Gasteiger partial charge in [0, 0.05) is 32.7 Å². The first kappa shape index (κ1) is 20.5. The minimum absolute atomic E-state index is 0.0512. The van der Waals surface area contributed by atoms with Crippen LogP contribution in [-0.2, 0) is 21.4 Å². The topological polar surface area (TPSA) is 69.7 Å². The van der Waals surface area contributed by atoms with Crippen LogP contribution in [0.2, 0.25) is 0 Å². The standard InChI is InChI=1S/C23H25N3O3S/c27-23(24-17-19-6-2-1-3-7-19)18-25-12-14-26(15-13-25)30(28,29)22-11-10-20-8-4-5-9-21(20)16-22/h1-11,16H,12-15,17-18H2,(H,24,27). The first-order valence-electron chi connectivity index (χ1n) is 10.0. The monoisotopic (exact) mass is 423 g/mol. The molecule has 30 heavy (non-hydrogen) atoms. The molecule has 0 aromatic heterocycles. The highest BCUT2D eigenvalue weighted by molar-refractivity contribution is 7.89. The van der Waals surface area contributed by atoms with Crippen molar-refractivity contribution in [3.63, 3.8) is 0 Å². The first-order chi connectivity index (χ1) is 14.5. The van der Waals surface area contributed by atoms with E-state index < -0.39 is 10.0 Å². The van der Waals surface area contributed by atoms with E-state index in [2.05, 4.69) is 5.32 Å². The van der Waals surface area contributed by atoms with Gasteiger partial charge in [-0.25, -0.2) is 8.42 Å². The average molecular weight is 424 g/mol. The minimum Gasteiger partial charge on any atom is -0.351 e. The van der Waals surface area contributed by atoms with Gasteiger partial charge in [-0.3, -0.25) is 9.69 Å². The number of amides is 1. The lowest BCUT2D eigenvalue weighted by atomic mass is 10.1. The van der Waals surface area contributed by atoms with E-state index >= 15 is 0 Å². The lowest BCUT2D eigenvalue weighted by molar-refractivity contribution is -0.122. The summed E-state index contributed by atoms with van der Waals surface area (Å²) in [5, 5.41) is 4.84. The van der Waals surface area contributed by atoms with E-state index in [9.17, 15) is 13.2 Å². The maximum absolute atomic E-state index is 13.0. The Hall–Kier alpha value is -2.74. The van der Waals surface area contributed by atoms with Crippen LogP contribution in [0.1, 0.15) is 5.56 Å². The zero-order valence-corrected chi connectivity index (χ0v) is 17.5. The molecule has 1 saturated heterocycles. The number of nitrogens with zero attached hydrogens (tertiary/aromatic N) is 2. The fraction of sp³-hybridized carbons (Fsp3) is 0.261. The molecular weight excluding hydrogens is 398 g/mol. The Morgan fingerprint density at radius 1 is 0.833 bits per heavy atom. The molecule has 0 spiro atoms. The number of piperazine rings is 1. The molecule has 0 radical (unpaired) electrons. The number of hydrogen-bond acceptors (Lipinski definition) is 4. The highest BCUT2D eigenvalue weighted by Gasteiger charge is 2.29. The molecule has 1 aliphatic heterocycles. The zero-order chi connectivity index (χ0) is 21.0. The van der Waals surface area contributed by atoms with Crippen molar-refractivity contribution in [3.8, 4) is 0 Å². The third-order valence-corrected chi connectivity index (χ3v) is 7.28. The number of fused-ring (bicyclic) bond motifs is 1. The van der Waals surface area contributed by atoms with Gasteiger partial charge in [-0.1, -0.05) is 60.7 Å². The SMILES string of the molecule is O=C(CN1CCN(S(=O)(=O)c2ccc3ccccc3c2)CC1)NCc1ccccc1. The van der Waals surface area contributed by atoms with Crippen molar-refractivity contribution in [2.45, 2.75) is 11.4 Å². The smallest absolute Gasteiger partial charge is 0.243 e. The molecule has 1 N–H and O–H groups in total. The van der Waals surface area contributed by atoms with Gasteiger partial charge in [-0.15, -0.1) is 0 Å². The Balaban J connectivity index is 1.32. The summed E-state index contributed by atoms with van der Waals surface area (Å²) in [5.74, 6) is -0.0512. The summed E-state index contributed by atoms with van der Waals surface area (Å²) in [7, 11) is -3.55. The van der Waals surface area contributed by atoms with E-state index in [1.165, 1.54) is 4.31 Å². The molecule has 0 bridgehead atoms. The van der Waals surface area contributed by atoms with Crippen LogP contribution < -0.4 is 5.32 Å². The van der Waals surface area contributed by atoms with E-state index in [-0.39, 0.29) is 12.5 Å². The second-order valence-electron chi connectivity index (χ2n) is 7.45. The maximum Gasteiger partial charge on any atom is 0.243 e. The van der Waals surface area contributed by atoms with E-state index in [4.69, 9.17) is 0 Å². The van der Waals surface area contributed by atoms with E-state index in [0.29, 0.717) is 37.6 Å². The number of sulfonamides is 1. The number of nitrogens with one attached hydrogen (secondary N) is 1. The van der Waals surface area contributed by atoms with E-state index in [0.717, 1.165) is 16.3 Å². The predicted octanol–water partition coefficient (Wildman–Crippen LogP) is 2.46. The Bertz CT molecular complexity index is 1120. The first-order valence-corrected chi connectivity index (χ1v) is 11.5. The van der Waals surface area contributed by atoms with Crippen LogP contribution in [0.3, 0.4) is 0 Å². The molecule has 1 fully saturated rings. The summed E-state index contributed by atoms with van der Waals surface area (Å²) in [4.78, 5) is 14.5. The molecule has 1 amide bonds. The average Bonchev–Trinajstić information content (AvgIpc) is 2.78. The molecule has 0 unspecified atom stereocenters. The number of carbonyl (C=O) groups excluding carboxylic acids is 1. The fourth-order valence-corrected chi connectivity index (χ4v) is 5.12. The molecule has 0 saturated carbocycles. The van der Waals surface area contributed by atoms with Gasteiger partial charge in [-0.05, 0) is 28.5 Å². The zero-order valence-electron chi connectivity index (χ0n) is 16.7. The lowest BCUT2D eigenvalue weighted by Gasteiger charge is -2.33. The third kappa shape index (κ3) is 4.70. The summed E-state index contributed by atoms with van der Waals surface area (Å²) in [5.41, 5.74) is 1.05. The quantitative estimate of drug-likeness (QED) is 0.661. The van der Waals surface area contributed by atoms with Crippen LogP contribution in [-0.4, -0.2) is 56.3 Å². The molecule has 3 aromatic carbocycles. The summed E-state index contributed by atoms with van der Waals surface area (Å²) in [6.45, 7) is 2.59. The maximum atomic E-state index is 13.0. The lowest BCUT2D eigenvalue weighted by Crippen LogP contribution is -2.50. The molecule has 3 aromatic rings. The predicted molar refractivity (Wildman–Crippen MR) is 117 cm³/mol. The Morgan fingerprint density at radius 2 is 1.50 bits per heavy atom. The minimum atomic E-state index is -3.55. The molecule has 156 valence electrons. The van der Waals surface area contributed by atoms with Gasteiger partial charge >= 0.3 is 0 Å². The van der Waals surface area contributed by atoms with Gasteiger partial charge in [0.05, 0.1) is 11.4 Å². The van der Waals surface area contributed by atoms with Crippen LogP contribution in [0.4, 0.5) is 0 Å². The van der Waals surface area contributed by atoms with Crippen molar-refractivity contribution in [2.75, 3.05) is 32.7 Å². The highest BCUT2D eigenvalue weighted by atomic mass is 32.2. The van der Waals surface area contributed by atoms with Gasteiger partial charge in [-0.2, -0.15) is 4.31 Å². The van der Waals surface area contributed by atoms with Gasteiger partial charge in [0.1, 0.15) is 0 Å². The second kappa shape index (κ2) is 8.95. The summed E-state index contributed by atoms with van der Waals surface area (Å²) < 4.78 is 27.6. The van der Waals surface area contributed by atoms with Crippen molar-refractivity contribution < 1.29 is 13.2 Å². The number of benzene rings is 3. The normalized spacial score (nSPS) is 15.9. The van der Waals surface area contributed by atoms with Gasteiger partial charge < -0.3 is 5.32 Å². The Kier molecular flexibility index (Phi) is 6.13. The Morgan fingerprint density at radius 3 is 2.23 bits per heavy atom. The number of rotatable bonds is 6. The molecule has 0 aliphatic carbocycles. The fourth-order valence-electron chi connectivity index (χ4n) is 3.66. The summed E-state index contributed by atoms with van der Waals surface area (Å²) in [6, 6.07) is 22.7. The summed E-state index contributed by atoms with van der Waals surface area (Å²) >= 11 is 0. The molecule has 1 heterocycles. The number of hydrogen-bond donors (Lipinski definition) is 1. The Labute approximate surface area is 177 Å². The highest BCUT2D eigenvalue weighted by Crippen LogP contribution is 2.22. The van der Waals surface area contributed by atoms with Gasteiger partial charge in [0.25, 0.3) is 0 Å². The van der Waals surface area contributed by atoms with Crippen LogP contribution in [0.15, 0.2) is 77.7 Å². The second-order valence-corrected chi connectivity index (χ2v) is 9.39. The van der Waals surface area contributed by atoms with Gasteiger partial charge in [0.15, 0.2) is 0 Å². The van der Waals surface area contributed by atoms with Crippen molar-refractivity contribution >= 4 is 26.7 Å². The van der Waals surface area contributed by atoms with Crippen LogP contribution in [0, 0.1) is 0 Å². The largest absolute Gasteiger partial charge is 0.351 e. The molecule has 6 nitrogen and oxygen atoms in total. The van der Waals surface area contributed by atoms with Crippen molar-refractivity contribution in [1.82, 2.24) is 14.5 Å². The summed E-state index contributed by atoms with van der Waals surface area (Å²) in [6.07, 6.45) is 0. The molecule has 4 rings (SSSR count). The van der Waals surface area contributed by atoms with E-state index in [1.807, 2.05) is 65.6 Å². The van der Waals surface area contributed by atoms with Gasteiger partial charge in [0.2, 0.25) is 15.9 Å².